The minimum absolute atomic E-state index is 0.000678. The van der Waals surface area contributed by atoms with Gasteiger partial charge < -0.3 is 4.90 Å². The number of carbonyl (C=O) groups is 1. The van der Waals surface area contributed by atoms with Gasteiger partial charge in [0.25, 0.3) is 5.56 Å². The molecular formula is C10H13ClIN3O2. The van der Waals surface area contributed by atoms with E-state index in [0.717, 1.165) is 0 Å². The fourth-order valence-electron chi connectivity index (χ4n) is 1.38. The van der Waals surface area contributed by atoms with Gasteiger partial charge in [-0.05, 0) is 36.4 Å². The quantitative estimate of drug-likeness (QED) is 0.595. The zero-order chi connectivity index (χ0) is 13.0. The van der Waals surface area contributed by atoms with E-state index in [2.05, 4.69) is 4.98 Å². The van der Waals surface area contributed by atoms with E-state index in [-0.39, 0.29) is 23.2 Å². The predicted octanol–water partition coefficient (Wildman–Crippen LogP) is 1.37. The third-order valence-electron chi connectivity index (χ3n) is 2.36. The molecular weight excluding hydrogens is 356 g/mol. The molecule has 94 valence electrons. The number of halogens is 2. The molecule has 0 fully saturated rings. The standard InChI is InChI=1S/C10H13ClIN3O2/c1-3-14(4-2)7(16)5-15-6-13-9(11)8(12)10(15)17/h6H,3-5H2,1-2H3. The number of rotatable bonds is 4. The monoisotopic (exact) mass is 369 g/mol. The smallest absolute Gasteiger partial charge is 0.268 e. The Labute approximate surface area is 118 Å². The van der Waals surface area contributed by atoms with E-state index in [1.165, 1.54) is 10.9 Å². The van der Waals surface area contributed by atoms with Crippen LogP contribution in [0.25, 0.3) is 0 Å². The van der Waals surface area contributed by atoms with Crippen molar-refractivity contribution in [1.82, 2.24) is 14.5 Å². The van der Waals surface area contributed by atoms with Gasteiger partial charge in [-0.15, -0.1) is 0 Å². The Morgan fingerprint density at radius 2 is 2.12 bits per heavy atom. The molecule has 1 aromatic rings. The maximum Gasteiger partial charge on any atom is 0.268 e. The molecule has 1 aromatic heterocycles. The van der Waals surface area contributed by atoms with E-state index in [1.54, 1.807) is 4.90 Å². The topological polar surface area (TPSA) is 55.2 Å². The molecule has 0 saturated heterocycles. The molecule has 1 amide bonds. The Hall–Kier alpha value is -0.630. The molecule has 0 radical (unpaired) electrons. The van der Waals surface area contributed by atoms with Crippen LogP contribution in [0.15, 0.2) is 11.1 Å². The minimum atomic E-state index is -0.286. The number of aromatic nitrogens is 2. The van der Waals surface area contributed by atoms with E-state index in [4.69, 9.17) is 11.6 Å². The third-order valence-corrected chi connectivity index (χ3v) is 3.94. The highest BCUT2D eigenvalue weighted by molar-refractivity contribution is 14.1. The number of hydrogen-bond donors (Lipinski definition) is 0. The molecule has 7 heteroatoms. The second-order valence-electron chi connectivity index (χ2n) is 3.35. The first-order valence-corrected chi connectivity index (χ1v) is 6.65. The van der Waals surface area contributed by atoms with E-state index in [0.29, 0.717) is 16.7 Å². The molecule has 1 heterocycles. The van der Waals surface area contributed by atoms with Crippen molar-refractivity contribution in [3.8, 4) is 0 Å². The molecule has 0 unspecified atom stereocenters. The summed E-state index contributed by atoms with van der Waals surface area (Å²) in [5, 5.41) is 0.169. The van der Waals surface area contributed by atoms with Crippen LogP contribution in [-0.2, 0) is 11.3 Å². The summed E-state index contributed by atoms with van der Waals surface area (Å²) in [7, 11) is 0. The predicted molar refractivity (Wildman–Crippen MR) is 74.2 cm³/mol. The first kappa shape index (κ1) is 14.4. The van der Waals surface area contributed by atoms with Crippen molar-refractivity contribution in [2.75, 3.05) is 13.1 Å². The van der Waals surface area contributed by atoms with Crippen LogP contribution in [0.2, 0.25) is 5.15 Å². The lowest BCUT2D eigenvalue weighted by atomic mass is 10.4. The zero-order valence-electron chi connectivity index (χ0n) is 9.61. The summed E-state index contributed by atoms with van der Waals surface area (Å²) in [6.45, 7) is 5.05. The molecule has 0 bridgehead atoms. The normalized spacial score (nSPS) is 10.4. The van der Waals surface area contributed by atoms with Crippen molar-refractivity contribution in [2.45, 2.75) is 20.4 Å². The van der Waals surface area contributed by atoms with Gasteiger partial charge in [-0.3, -0.25) is 14.2 Å². The third kappa shape index (κ3) is 3.41. The lowest BCUT2D eigenvalue weighted by molar-refractivity contribution is -0.131. The summed E-state index contributed by atoms with van der Waals surface area (Å²) in [4.78, 5) is 29.1. The number of amides is 1. The van der Waals surface area contributed by atoms with Crippen molar-refractivity contribution in [2.24, 2.45) is 0 Å². The first-order chi connectivity index (χ1) is 8.01. The lowest BCUT2D eigenvalue weighted by Gasteiger charge is -2.18. The molecule has 0 aliphatic carbocycles. The number of likely N-dealkylation sites (N-methyl/N-ethyl adjacent to an activating group) is 1. The van der Waals surface area contributed by atoms with Crippen LogP contribution in [0, 0.1) is 3.57 Å². The average Bonchev–Trinajstić information content (AvgIpc) is 2.31. The van der Waals surface area contributed by atoms with Crippen LogP contribution in [0.5, 0.6) is 0 Å². The molecule has 0 atom stereocenters. The number of carbonyl (C=O) groups excluding carboxylic acids is 1. The SMILES string of the molecule is CCN(CC)C(=O)Cn1cnc(Cl)c(I)c1=O. The molecule has 5 nitrogen and oxygen atoms in total. The molecule has 0 saturated carbocycles. The second kappa shape index (κ2) is 6.34. The molecule has 0 spiro atoms. The summed E-state index contributed by atoms with van der Waals surface area (Å²) in [6.07, 6.45) is 1.30. The van der Waals surface area contributed by atoms with Crippen molar-refractivity contribution in [3.05, 3.63) is 25.4 Å². The van der Waals surface area contributed by atoms with Crippen LogP contribution >= 0.6 is 34.2 Å². The van der Waals surface area contributed by atoms with Gasteiger partial charge in [0.1, 0.15) is 15.3 Å². The Bertz CT molecular complexity index is 471. The van der Waals surface area contributed by atoms with E-state index in [1.807, 2.05) is 36.4 Å². The first-order valence-electron chi connectivity index (χ1n) is 5.19. The summed E-state index contributed by atoms with van der Waals surface area (Å²) in [5.74, 6) is -0.1000. The Morgan fingerprint density at radius 3 is 2.65 bits per heavy atom. The van der Waals surface area contributed by atoms with Crippen LogP contribution < -0.4 is 5.56 Å². The highest BCUT2D eigenvalue weighted by atomic mass is 127. The van der Waals surface area contributed by atoms with Gasteiger partial charge in [0.05, 0.1) is 6.33 Å². The summed E-state index contributed by atoms with van der Waals surface area (Å²) in [5.41, 5.74) is -0.286. The van der Waals surface area contributed by atoms with Crippen LogP contribution in [0.4, 0.5) is 0 Å². The van der Waals surface area contributed by atoms with Crippen LogP contribution in [-0.4, -0.2) is 33.4 Å². The van der Waals surface area contributed by atoms with Gasteiger partial charge in [-0.1, -0.05) is 11.6 Å². The average molecular weight is 370 g/mol. The van der Waals surface area contributed by atoms with Gasteiger partial charge in [0, 0.05) is 13.1 Å². The molecule has 17 heavy (non-hydrogen) atoms. The Balaban J connectivity index is 2.93. The van der Waals surface area contributed by atoms with Crippen molar-refractivity contribution >= 4 is 40.1 Å². The number of nitrogens with zero attached hydrogens (tertiary/aromatic N) is 3. The fourth-order valence-corrected chi connectivity index (χ4v) is 1.95. The fraction of sp³-hybridized carbons (Fsp3) is 0.500. The molecule has 0 N–H and O–H groups in total. The van der Waals surface area contributed by atoms with Gasteiger partial charge in [0.2, 0.25) is 5.91 Å². The van der Waals surface area contributed by atoms with Crippen LogP contribution in [0.3, 0.4) is 0 Å². The number of hydrogen-bond acceptors (Lipinski definition) is 3. The van der Waals surface area contributed by atoms with Gasteiger partial charge >= 0.3 is 0 Å². The highest BCUT2D eigenvalue weighted by Crippen LogP contribution is 2.09. The summed E-state index contributed by atoms with van der Waals surface area (Å²) >= 11 is 7.54. The molecule has 0 aromatic carbocycles. The maximum absolute atomic E-state index is 11.8. The van der Waals surface area contributed by atoms with Crippen molar-refractivity contribution < 1.29 is 4.79 Å². The molecule has 0 aliphatic rings. The van der Waals surface area contributed by atoms with Crippen molar-refractivity contribution in [3.63, 3.8) is 0 Å². The minimum Gasteiger partial charge on any atom is -0.342 e. The van der Waals surface area contributed by atoms with E-state index >= 15 is 0 Å². The maximum atomic E-state index is 11.8. The van der Waals surface area contributed by atoms with E-state index in [9.17, 15) is 9.59 Å². The largest absolute Gasteiger partial charge is 0.342 e. The Kier molecular flexibility index (Phi) is 5.38. The van der Waals surface area contributed by atoms with E-state index < -0.39 is 0 Å². The zero-order valence-corrected chi connectivity index (χ0v) is 12.5. The molecule has 0 aliphatic heterocycles. The van der Waals surface area contributed by atoms with Gasteiger partial charge in [-0.2, -0.15) is 0 Å². The lowest BCUT2D eigenvalue weighted by Crippen LogP contribution is -2.36. The summed E-state index contributed by atoms with van der Waals surface area (Å²) < 4.78 is 1.60. The van der Waals surface area contributed by atoms with Crippen LogP contribution in [0.1, 0.15) is 13.8 Å². The summed E-state index contributed by atoms with van der Waals surface area (Å²) in [6, 6.07) is 0. The molecule has 1 rings (SSSR count). The van der Waals surface area contributed by atoms with Gasteiger partial charge in [0.15, 0.2) is 0 Å². The van der Waals surface area contributed by atoms with Crippen molar-refractivity contribution in [1.29, 1.82) is 0 Å². The Morgan fingerprint density at radius 1 is 1.53 bits per heavy atom. The highest BCUT2D eigenvalue weighted by Gasteiger charge is 2.13. The van der Waals surface area contributed by atoms with Gasteiger partial charge in [-0.25, -0.2) is 4.98 Å². The second-order valence-corrected chi connectivity index (χ2v) is 4.79.